The Labute approximate surface area is 118 Å². The van der Waals surface area contributed by atoms with Gasteiger partial charge < -0.3 is 10.0 Å². The molecule has 1 N–H and O–H groups in total. The summed E-state index contributed by atoms with van der Waals surface area (Å²) >= 11 is 6.02. The Bertz CT molecular complexity index is 487. The van der Waals surface area contributed by atoms with Crippen molar-refractivity contribution in [2.24, 2.45) is 0 Å². The van der Waals surface area contributed by atoms with Gasteiger partial charge in [-0.2, -0.15) is 0 Å². The van der Waals surface area contributed by atoms with Crippen molar-refractivity contribution in [1.82, 2.24) is 4.90 Å². The van der Waals surface area contributed by atoms with Crippen molar-refractivity contribution in [2.75, 3.05) is 13.1 Å². The van der Waals surface area contributed by atoms with E-state index in [1.54, 1.807) is 23.1 Å². The van der Waals surface area contributed by atoms with Crippen LogP contribution in [-0.4, -0.2) is 34.6 Å². The third kappa shape index (κ3) is 3.82. The van der Waals surface area contributed by atoms with Crippen LogP contribution in [0.3, 0.4) is 0 Å². The van der Waals surface area contributed by atoms with E-state index in [-0.39, 0.29) is 5.91 Å². The monoisotopic (exact) mass is 279 g/mol. The average Bonchev–Trinajstić information content (AvgIpc) is 2.37. The molecule has 1 aromatic rings. The van der Waals surface area contributed by atoms with Crippen LogP contribution in [0.25, 0.3) is 6.08 Å². The normalized spacial score (nSPS) is 18.8. The van der Waals surface area contributed by atoms with Gasteiger partial charge in [-0.1, -0.05) is 29.8 Å². The summed E-state index contributed by atoms with van der Waals surface area (Å²) in [4.78, 5) is 13.8. The van der Waals surface area contributed by atoms with Gasteiger partial charge in [-0.15, -0.1) is 0 Å². The first-order valence-corrected chi connectivity index (χ1v) is 6.80. The first kappa shape index (κ1) is 14.1. The molecule has 0 atom stereocenters. The molecule has 102 valence electrons. The van der Waals surface area contributed by atoms with Crippen molar-refractivity contribution >= 4 is 23.6 Å². The van der Waals surface area contributed by atoms with Crippen LogP contribution in [0.5, 0.6) is 0 Å². The third-order valence-electron chi connectivity index (χ3n) is 3.46. The van der Waals surface area contributed by atoms with E-state index >= 15 is 0 Å². The van der Waals surface area contributed by atoms with Crippen molar-refractivity contribution in [3.8, 4) is 0 Å². The second kappa shape index (κ2) is 5.76. The minimum absolute atomic E-state index is 0.0320. The number of amides is 1. The topological polar surface area (TPSA) is 40.5 Å². The van der Waals surface area contributed by atoms with Crippen molar-refractivity contribution in [3.63, 3.8) is 0 Å². The second-order valence-electron chi connectivity index (χ2n) is 5.18. The van der Waals surface area contributed by atoms with Gasteiger partial charge in [-0.25, -0.2) is 0 Å². The fraction of sp³-hybridized carbons (Fsp3) is 0.400. The van der Waals surface area contributed by atoms with E-state index < -0.39 is 5.60 Å². The molecule has 1 fully saturated rings. The number of nitrogens with zero attached hydrogens (tertiary/aromatic N) is 1. The van der Waals surface area contributed by atoms with E-state index in [1.807, 2.05) is 25.1 Å². The zero-order chi connectivity index (χ0) is 13.9. The predicted octanol–water partition coefficient (Wildman–Crippen LogP) is 2.73. The van der Waals surface area contributed by atoms with Gasteiger partial charge in [0, 0.05) is 24.2 Å². The van der Waals surface area contributed by atoms with Gasteiger partial charge in [0.05, 0.1) is 5.60 Å². The maximum absolute atomic E-state index is 12.0. The van der Waals surface area contributed by atoms with Crippen LogP contribution < -0.4 is 0 Å². The van der Waals surface area contributed by atoms with E-state index in [0.717, 1.165) is 5.56 Å². The maximum Gasteiger partial charge on any atom is 0.246 e. The van der Waals surface area contributed by atoms with E-state index in [4.69, 9.17) is 11.6 Å². The fourth-order valence-electron chi connectivity index (χ4n) is 2.09. The number of hydrogen-bond acceptors (Lipinski definition) is 2. The van der Waals surface area contributed by atoms with Crippen LogP contribution in [0.4, 0.5) is 0 Å². The van der Waals surface area contributed by atoms with E-state index in [9.17, 15) is 9.90 Å². The van der Waals surface area contributed by atoms with Crippen LogP contribution in [0.15, 0.2) is 30.3 Å². The van der Waals surface area contributed by atoms with Crippen LogP contribution in [-0.2, 0) is 4.79 Å². The summed E-state index contributed by atoms with van der Waals surface area (Å²) in [5.74, 6) is -0.0320. The molecule has 0 aromatic heterocycles. The Morgan fingerprint density at radius 3 is 2.63 bits per heavy atom. The summed E-state index contributed by atoms with van der Waals surface area (Å²) < 4.78 is 0. The molecule has 3 nitrogen and oxygen atoms in total. The highest BCUT2D eigenvalue weighted by atomic mass is 35.5. The molecule has 1 aliphatic rings. The highest BCUT2D eigenvalue weighted by molar-refractivity contribution is 6.32. The van der Waals surface area contributed by atoms with Gasteiger partial charge in [0.1, 0.15) is 0 Å². The molecule has 0 radical (unpaired) electrons. The minimum Gasteiger partial charge on any atom is -0.390 e. The summed E-state index contributed by atoms with van der Waals surface area (Å²) in [5.41, 5.74) is 0.199. The van der Waals surface area contributed by atoms with Crippen molar-refractivity contribution in [1.29, 1.82) is 0 Å². The molecule has 2 rings (SSSR count). The van der Waals surface area contributed by atoms with E-state index in [1.165, 1.54) is 0 Å². The lowest BCUT2D eigenvalue weighted by Gasteiger charge is -2.35. The molecule has 0 unspecified atom stereocenters. The van der Waals surface area contributed by atoms with E-state index in [2.05, 4.69) is 0 Å². The first-order chi connectivity index (χ1) is 8.98. The number of rotatable bonds is 2. The van der Waals surface area contributed by atoms with Gasteiger partial charge in [0.2, 0.25) is 5.91 Å². The van der Waals surface area contributed by atoms with Gasteiger partial charge >= 0.3 is 0 Å². The Hall–Kier alpha value is -1.32. The average molecular weight is 280 g/mol. The van der Waals surface area contributed by atoms with Crippen molar-refractivity contribution in [3.05, 3.63) is 40.9 Å². The number of carbonyl (C=O) groups excluding carboxylic acids is 1. The zero-order valence-electron chi connectivity index (χ0n) is 11.0. The number of benzene rings is 1. The summed E-state index contributed by atoms with van der Waals surface area (Å²) in [6.45, 7) is 3.01. The van der Waals surface area contributed by atoms with Crippen LogP contribution >= 0.6 is 11.6 Å². The second-order valence-corrected chi connectivity index (χ2v) is 5.58. The molecular formula is C15H18ClNO2. The Morgan fingerprint density at radius 2 is 2.00 bits per heavy atom. The van der Waals surface area contributed by atoms with Gasteiger partial charge in [0.15, 0.2) is 0 Å². The van der Waals surface area contributed by atoms with Crippen molar-refractivity contribution in [2.45, 2.75) is 25.4 Å². The summed E-state index contributed by atoms with van der Waals surface area (Å²) in [6.07, 6.45) is 4.52. The largest absolute Gasteiger partial charge is 0.390 e. The molecule has 0 aliphatic carbocycles. The molecule has 1 aromatic carbocycles. The summed E-state index contributed by atoms with van der Waals surface area (Å²) in [7, 11) is 0. The third-order valence-corrected chi connectivity index (χ3v) is 3.81. The molecule has 1 saturated heterocycles. The molecule has 1 heterocycles. The Kier molecular flexibility index (Phi) is 4.27. The number of piperidine rings is 1. The molecule has 1 aliphatic heterocycles. The lowest BCUT2D eigenvalue weighted by atomic mass is 9.94. The predicted molar refractivity (Wildman–Crippen MR) is 76.9 cm³/mol. The molecular weight excluding hydrogens is 262 g/mol. The molecule has 19 heavy (non-hydrogen) atoms. The standard InChI is InChI=1S/C15H18ClNO2/c1-15(19)8-10-17(11-9-15)14(18)7-6-12-4-2-3-5-13(12)16/h2-7,19H,8-11H2,1H3/b7-6+. The number of halogens is 1. The highest BCUT2D eigenvalue weighted by Crippen LogP contribution is 2.21. The molecule has 1 amide bonds. The Balaban J connectivity index is 1.97. The highest BCUT2D eigenvalue weighted by Gasteiger charge is 2.28. The van der Waals surface area contributed by atoms with Gasteiger partial charge in [0.25, 0.3) is 0 Å². The molecule has 0 saturated carbocycles. The first-order valence-electron chi connectivity index (χ1n) is 6.42. The minimum atomic E-state index is -0.636. The number of hydrogen-bond donors (Lipinski definition) is 1. The zero-order valence-corrected chi connectivity index (χ0v) is 11.7. The Morgan fingerprint density at radius 1 is 1.37 bits per heavy atom. The SMILES string of the molecule is CC1(O)CCN(C(=O)/C=C/c2ccccc2Cl)CC1. The molecule has 0 spiro atoms. The van der Waals surface area contributed by atoms with Gasteiger partial charge in [-0.3, -0.25) is 4.79 Å². The number of likely N-dealkylation sites (tertiary alicyclic amines) is 1. The van der Waals surface area contributed by atoms with Crippen LogP contribution in [0.2, 0.25) is 5.02 Å². The quantitative estimate of drug-likeness (QED) is 0.846. The lowest BCUT2D eigenvalue weighted by Crippen LogP contribution is -2.44. The fourth-order valence-corrected chi connectivity index (χ4v) is 2.28. The van der Waals surface area contributed by atoms with Crippen LogP contribution in [0.1, 0.15) is 25.3 Å². The van der Waals surface area contributed by atoms with Crippen LogP contribution in [0, 0.1) is 0 Å². The number of carbonyl (C=O) groups is 1. The molecule has 0 bridgehead atoms. The smallest absolute Gasteiger partial charge is 0.246 e. The lowest BCUT2D eigenvalue weighted by molar-refractivity contribution is -0.129. The maximum atomic E-state index is 12.0. The molecule has 4 heteroatoms. The van der Waals surface area contributed by atoms with Gasteiger partial charge in [-0.05, 0) is 37.5 Å². The van der Waals surface area contributed by atoms with E-state index in [0.29, 0.717) is 31.0 Å². The summed E-state index contributed by atoms with van der Waals surface area (Å²) in [6, 6.07) is 7.40. The number of aliphatic hydroxyl groups is 1. The summed E-state index contributed by atoms with van der Waals surface area (Å²) in [5, 5.41) is 10.5. The van der Waals surface area contributed by atoms with Crippen molar-refractivity contribution < 1.29 is 9.90 Å².